The first-order valence-corrected chi connectivity index (χ1v) is 8.64. The molecule has 0 saturated heterocycles. The van der Waals surface area contributed by atoms with Crippen LogP contribution >= 0.6 is 15.9 Å². The Morgan fingerprint density at radius 1 is 1.35 bits per heavy atom. The third kappa shape index (κ3) is 3.76. The maximum absolute atomic E-state index is 6.47. The summed E-state index contributed by atoms with van der Waals surface area (Å²) in [5.41, 5.74) is 9.07. The summed E-state index contributed by atoms with van der Waals surface area (Å²) in [5.74, 6) is 1.71. The average molecular weight is 340 g/mol. The number of ether oxygens (including phenoxy) is 1. The number of unbranched alkanes of at least 4 members (excludes halogenated alkanes) is 1. The van der Waals surface area contributed by atoms with Crippen LogP contribution in [0.15, 0.2) is 16.6 Å². The van der Waals surface area contributed by atoms with Gasteiger partial charge in [0.25, 0.3) is 0 Å². The average Bonchev–Trinajstić information content (AvgIpc) is 2.87. The van der Waals surface area contributed by atoms with E-state index in [1.807, 2.05) is 0 Å². The molecule has 0 radical (unpaired) electrons. The number of halogens is 1. The van der Waals surface area contributed by atoms with Crippen LogP contribution in [0.5, 0.6) is 5.75 Å². The van der Waals surface area contributed by atoms with E-state index in [4.69, 9.17) is 10.5 Å². The van der Waals surface area contributed by atoms with Gasteiger partial charge in [0.05, 0.1) is 6.61 Å². The summed E-state index contributed by atoms with van der Waals surface area (Å²) < 4.78 is 6.95. The van der Waals surface area contributed by atoms with Crippen LogP contribution < -0.4 is 10.5 Å². The van der Waals surface area contributed by atoms with Gasteiger partial charge in [0.15, 0.2) is 0 Å². The number of rotatable bonds is 7. The number of hydrogen-bond donors (Lipinski definition) is 1. The molecular weight excluding hydrogens is 314 g/mol. The van der Waals surface area contributed by atoms with Crippen molar-refractivity contribution in [1.82, 2.24) is 0 Å². The summed E-state index contributed by atoms with van der Waals surface area (Å²) >= 11 is 3.61. The molecule has 1 aromatic carbocycles. The van der Waals surface area contributed by atoms with Gasteiger partial charge in [0, 0.05) is 16.9 Å². The highest BCUT2D eigenvalue weighted by atomic mass is 79.9. The monoisotopic (exact) mass is 339 g/mol. The molecule has 2 unspecified atom stereocenters. The van der Waals surface area contributed by atoms with Crippen molar-refractivity contribution in [2.75, 3.05) is 6.61 Å². The molecule has 1 aromatic rings. The summed E-state index contributed by atoms with van der Waals surface area (Å²) in [7, 11) is 0. The summed E-state index contributed by atoms with van der Waals surface area (Å²) in [4.78, 5) is 0. The molecular formula is C17H26BrNO. The topological polar surface area (TPSA) is 35.2 Å². The quantitative estimate of drug-likeness (QED) is 0.795. The lowest BCUT2D eigenvalue weighted by Gasteiger charge is -2.23. The Bertz CT molecular complexity index is 447. The highest BCUT2D eigenvalue weighted by molar-refractivity contribution is 9.10. The molecule has 0 bridgehead atoms. The van der Waals surface area contributed by atoms with Crippen LogP contribution in [0.25, 0.3) is 0 Å². The van der Waals surface area contributed by atoms with Crippen molar-refractivity contribution in [2.45, 2.75) is 58.4 Å². The standard InChI is InChI=1S/C17H26BrNO/c1-3-5-6-12(4-2)16(19)11-14-10-15(18)9-13-7-8-20-17(13)14/h9-10,12,16H,3-8,11,19H2,1-2H3. The van der Waals surface area contributed by atoms with Crippen molar-refractivity contribution >= 4 is 15.9 Å². The van der Waals surface area contributed by atoms with E-state index in [0.29, 0.717) is 5.92 Å². The molecule has 20 heavy (non-hydrogen) atoms. The van der Waals surface area contributed by atoms with Crippen molar-refractivity contribution in [3.63, 3.8) is 0 Å². The van der Waals surface area contributed by atoms with Crippen LogP contribution in [0.4, 0.5) is 0 Å². The molecule has 112 valence electrons. The lowest BCUT2D eigenvalue weighted by Crippen LogP contribution is -2.32. The van der Waals surface area contributed by atoms with Crippen LogP contribution in [0, 0.1) is 5.92 Å². The van der Waals surface area contributed by atoms with Crippen molar-refractivity contribution in [2.24, 2.45) is 11.7 Å². The molecule has 0 aliphatic carbocycles. The van der Waals surface area contributed by atoms with Crippen LogP contribution in [0.3, 0.4) is 0 Å². The fourth-order valence-electron chi connectivity index (χ4n) is 3.11. The van der Waals surface area contributed by atoms with Gasteiger partial charge >= 0.3 is 0 Å². The third-order valence-corrected chi connectivity index (χ3v) is 4.80. The molecule has 2 rings (SSSR count). The smallest absolute Gasteiger partial charge is 0.125 e. The molecule has 2 N–H and O–H groups in total. The maximum Gasteiger partial charge on any atom is 0.125 e. The van der Waals surface area contributed by atoms with Gasteiger partial charge in [-0.2, -0.15) is 0 Å². The van der Waals surface area contributed by atoms with Crippen LogP contribution in [-0.2, 0) is 12.8 Å². The lowest BCUT2D eigenvalue weighted by molar-refractivity contribution is 0.342. The maximum atomic E-state index is 6.47. The highest BCUT2D eigenvalue weighted by Gasteiger charge is 2.22. The van der Waals surface area contributed by atoms with Crippen molar-refractivity contribution < 1.29 is 4.74 Å². The molecule has 0 fully saturated rings. The molecule has 2 nitrogen and oxygen atoms in total. The van der Waals surface area contributed by atoms with E-state index in [1.165, 1.54) is 30.4 Å². The zero-order chi connectivity index (χ0) is 14.5. The van der Waals surface area contributed by atoms with E-state index >= 15 is 0 Å². The SMILES string of the molecule is CCCCC(CC)C(N)Cc1cc(Br)cc2c1OCC2. The molecule has 0 saturated carbocycles. The molecule has 0 amide bonds. The van der Waals surface area contributed by atoms with E-state index in [-0.39, 0.29) is 6.04 Å². The molecule has 0 spiro atoms. The largest absolute Gasteiger partial charge is 0.493 e. The van der Waals surface area contributed by atoms with Gasteiger partial charge in [0.1, 0.15) is 5.75 Å². The summed E-state index contributed by atoms with van der Waals surface area (Å²) in [5, 5.41) is 0. The van der Waals surface area contributed by atoms with Gasteiger partial charge < -0.3 is 10.5 Å². The number of hydrogen-bond acceptors (Lipinski definition) is 2. The van der Waals surface area contributed by atoms with Gasteiger partial charge in [-0.1, -0.05) is 49.0 Å². The molecule has 0 aromatic heterocycles. The minimum atomic E-state index is 0.231. The Morgan fingerprint density at radius 3 is 2.85 bits per heavy atom. The molecule has 1 aliphatic heterocycles. The number of nitrogens with two attached hydrogens (primary N) is 1. The predicted molar refractivity (Wildman–Crippen MR) is 88.3 cm³/mol. The molecule has 1 heterocycles. The summed E-state index contributed by atoms with van der Waals surface area (Å²) in [6.45, 7) is 5.30. The van der Waals surface area contributed by atoms with Crippen molar-refractivity contribution in [3.05, 3.63) is 27.7 Å². The second kappa shape index (κ2) is 7.46. The summed E-state index contributed by atoms with van der Waals surface area (Å²) in [6.07, 6.45) is 6.87. The van der Waals surface area contributed by atoms with Gasteiger partial charge in [-0.15, -0.1) is 0 Å². The van der Waals surface area contributed by atoms with E-state index in [2.05, 4.69) is 41.9 Å². The molecule has 2 atom stereocenters. The van der Waals surface area contributed by atoms with Gasteiger partial charge in [-0.3, -0.25) is 0 Å². The minimum absolute atomic E-state index is 0.231. The predicted octanol–water partition coefficient (Wildman–Crippen LogP) is 4.47. The fraction of sp³-hybridized carbons (Fsp3) is 0.647. The minimum Gasteiger partial charge on any atom is -0.493 e. The first kappa shape index (κ1) is 15.8. The first-order chi connectivity index (χ1) is 9.65. The summed E-state index contributed by atoms with van der Waals surface area (Å²) in [6, 6.07) is 4.58. The van der Waals surface area contributed by atoms with Crippen LogP contribution in [0.1, 0.15) is 50.7 Å². The van der Waals surface area contributed by atoms with Crippen LogP contribution in [0.2, 0.25) is 0 Å². The number of fused-ring (bicyclic) bond motifs is 1. The number of benzene rings is 1. The zero-order valence-electron chi connectivity index (χ0n) is 12.6. The van der Waals surface area contributed by atoms with Gasteiger partial charge in [0.2, 0.25) is 0 Å². The fourth-order valence-corrected chi connectivity index (χ4v) is 3.66. The zero-order valence-corrected chi connectivity index (χ0v) is 14.2. The van der Waals surface area contributed by atoms with Crippen molar-refractivity contribution in [1.29, 1.82) is 0 Å². The Labute approximate surface area is 131 Å². The third-order valence-electron chi connectivity index (χ3n) is 4.34. The Balaban J connectivity index is 2.09. The first-order valence-electron chi connectivity index (χ1n) is 7.85. The van der Waals surface area contributed by atoms with Crippen LogP contribution in [-0.4, -0.2) is 12.6 Å². The Kier molecular flexibility index (Phi) is 5.91. The van der Waals surface area contributed by atoms with Crippen molar-refractivity contribution in [3.8, 4) is 5.75 Å². The van der Waals surface area contributed by atoms with Gasteiger partial charge in [-0.05, 0) is 42.0 Å². The van der Waals surface area contributed by atoms with E-state index in [9.17, 15) is 0 Å². The lowest BCUT2D eigenvalue weighted by atomic mass is 9.87. The second-order valence-electron chi connectivity index (χ2n) is 5.83. The normalized spacial score (nSPS) is 16.6. The second-order valence-corrected chi connectivity index (χ2v) is 6.75. The molecule has 1 aliphatic rings. The van der Waals surface area contributed by atoms with Gasteiger partial charge in [-0.25, -0.2) is 0 Å². The van der Waals surface area contributed by atoms with E-state index < -0.39 is 0 Å². The Hall–Kier alpha value is -0.540. The highest BCUT2D eigenvalue weighted by Crippen LogP contribution is 2.34. The Morgan fingerprint density at radius 2 is 2.15 bits per heavy atom. The molecule has 3 heteroatoms. The van der Waals surface area contributed by atoms with E-state index in [0.717, 1.165) is 36.1 Å². The van der Waals surface area contributed by atoms with E-state index in [1.54, 1.807) is 0 Å².